The van der Waals surface area contributed by atoms with Gasteiger partial charge in [0.25, 0.3) is 5.91 Å². The second kappa shape index (κ2) is 7.18. The molecule has 23 heavy (non-hydrogen) atoms. The highest BCUT2D eigenvalue weighted by Gasteiger charge is 2.17. The zero-order valence-electron chi connectivity index (χ0n) is 13.4. The average molecular weight is 328 g/mol. The van der Waals surface area contributed by atoms with E-state index < -0.39 is 0 Å². The van der Waals surface area contributed by atoms with Gasteiger partial charge in [-0.05, 0) is 67.0 Å². The van der Waals surface area contributed by atoms with Crippen LogP contribution in [-0.2, 0) is 12.8 Å². The molecule has 0 saturated carbocycles. The second-order valence-corrected chi connectivity index (χ2v) is 6.62. The molecule has 0 bridgehead atoms. The lowest BCUT2D eigenvalue weighted by molar-refractivity contribution is 0.0935. The Morgan fingerprint density at radius 2 is 1.91 bits per heavy atom. The summed E-state index contributed by atoms with van der Waals surface area (Å²) in [5.41, 5.74) is 4.72. The van der Waals surface area contributed by atoms with Gasteiger partial charge in [-0.3, -0.25) is 4.79 Å². The van der Waals surface area contributed by atoms with Crippen molar-refractivity contribution < 1.29 is 4.79 Å². The average Bonchev–Trinajstić information content (AvgIpc) is 2.59. The molecule has 2 aromatic rings. The molecule has 2 nitrogen and oxygen atoms in total. The van der Waals surface area contributed by atoms with E-state index in [1.54, 1.807) is 24.3 Å². The van der Waals surface area contributed by atoms with Gasteiger partial charge in [0.15, 0.2) is 0 Å². The molecule has 1 aliphatic rings. The van der Waals surface area contributed by atoms with Gasteiger partial charge in [0.05, 0.1) is 6.04 Å². The van der Waals surface area contributed by atoms with E-state index in [1.165, 1.54) is 36.0 Å². The molecule has 2 aromatic carbocycles. The molecule has 0 aliphatic heterocycles. The Bertz CT molecular complexity index is 711. The highest BCUT2D eigenvalue weighted by Crippen LogP contribution is 2.26. The molecule has 1 aliphatic carbocycles. The second-order valence-electron chi connectivity index (χ2n) is 6.18. The van der Waals surface area contributed by atoms with Crippen LogP contribution in [0.1, 0.15) is 59.3 Å². The Hall–Kier alpha value is -1.80. The smallest absolute Gasteiger partial charge is 0.251 e. The molecular weight excluding hydrogens is 306 g/mol. The van der Waals surface area contributed by atoms with Crippen LogP contribution >= 0.6 is 11.6 Å². The molecule has 120 valence electrons. The summed E-state index contributed by atoms with van der Waals surface area (Å²) in [6.45, 7) is 2.10. The maximum Gasteiger partial charge on any atom is 0.251 e. The van der Waals surface area contributed by atoms with Crippen molar-refractivity contribution in [1.82, 2.24) is 5.32 Å². The van der Waals surface area contributed by atoms with Crippen molar-refractivity contribution >= 4 is 17.5 Å². The van der Waals surface area contributed by atoms with Crippen LogP contribution in [0.4, 0.5) is 0 Å². The Morgan fingerprint density at radius 1 is 1.13 bits per heavy atom. The van der Waals surface area contributed by atoms with Crippen molar-refractivity contribution in [2.45, 2.75) is 45.1 Å². The summed E-state index contributed by atoms with van der Waals surface area (Å²) >= 11 is 5.98. The number of carbonyl (C=O) groups is 1. The van der Waals surface area contributed by atoms with Gasteiger partial charge >= 0.3 is 0 Å². The van der Waals surface area contributed by atoms with E-state index in [4.69, 9.17) is 11.6 Å². The lowest BCUT2D eigenvalue weighted by atomic mass is 9.88. The minimum Gasteiger partial charge on any atom is -0.345 e. The Labute approximate surface area is 142 Å². The fraction of sp³-hybridized carbons (Fsp3) is 0.350. The number of rotatable bonds is 4. The van der Waals surface area contributed by atoms with Crippen molar-refractivity contribution in [3.63, 3.8) is 0 Å². The van der Waals surface area contributed by atoms with Crippen LogP contribution in [0, 0.1) is 0 Å². The maximum absolute atomic E-state index is 12.5. The lowest BCUT2D eigenvalue weighted by Crippen LogP contribution is -2.28. The van der Waals surface area contributed by atoms with Crippen LogP contribution in [0.15, 0.2) is 42.5 Å². The van der Waals surface area contributed by atoms with Crippen molar-refractivity contribution in [2.75, 3.05) is 0 Å². The SMILES string of the molecule is CC[C@@H](NC(=O)c1cccc(Cl)c1)c1ccc2c(c1)CCCC2. The topological polar surface area (TPSA) is 29.1 Å². The number of aryl methyl sites for hydroxylation is 2. The van der Waals surface area contributed by atoms with Crippen molar-refractivity contribution in [3.8, 4) is 0 Å². The minimum absolute atomic E-state index is 0.0358. The molecule has 0 fully saturated rings. The fourth-order valence-electron chi connectivity index (χ4n) is 3.26. The van der Waals surface area contributed by atoms with Gasteiger partial charge in [-0.1, -0.05) is 42.8 Å². The highest BCUT2D eigenvalue weighted by molar-refractivity contribution is 6.30. The van der Waals surface area contributed by atoms with E-state index in [0.29, 0.717) is 10.6 Å². The third-order valence-corrected chi connectivity index (χ3v) is 4.81. The molecule has 0 unspecified atom stereocenters. The van der Waals surface area contributed by atoms with Gasteiger partial charge < -0.3 is 5.32 Å². The number of benzene rings is 2. The van der Waals surface area contributed by atoms with Crippen LogP contribution < -0.4 is 5.32 Å². The van der Waals surface area contributed by atoms with E-state index in [1.807, 2.05) is 0 Å². The number of fused-ring (bicyclic) bond motifs is 1. The van der Waals surface area contributed by atoms with E-state index in [2.05, 4.69) is 30.4 Å². The molecule has 1 amide bonds. The lowest BCUT2D eigenvalue weighted by Gasteiger charge is -2.22. The third kappa shape index (κ3) is 3.76. The first-order valence-corrected chi connectivity index (χ1v) is 8.73. The van der Waals surface area contributed by atoms with Crippen LogP contribution in [0.2, 0.25) is 5.02 Å². The number of amides is 1. The predicted molar refractivity (Wildman–Crippen MR) is 95.0 cm³/mol. The van der Waals surface area contributed by atoms with Crippen LogP contribution in [0.25, 0.3) is 0 Å². The van der Waals surface area contributed by atoms with Crippen molar-refractivity contribution in [3.05, 3.63) is 69.7 Å². The number of carbonyl (C=O) groups excluding carboxylic acids is 1. The first kappa shape index (κ1) is 16.1. The van der Waals surface area contributed by atoms with Gasteiger partial charge in [-0.15, -0.1) is 0 Å². The van der Waals surface area contributed by atoms with Crippen molar-refractivity contribution in [1.29, 1.82) is 0 Å². The molecule has 1 N–H and O–H groups in total. The molecule has 1 atom stereocenters. The first-order chi connectivity index (χ1) is 11.2. The van der Waals surface area contributed by atoms with Gasteiger partial charge in [-0.2, -0.15) is 0 Å². The predicted octanol–water partition coefficient (Wildman–Crippen LogP) is 5.10. The summed E-state index contributed by atoms with van der Waals surface area (Å²) in [5, 5.41) is 3.72. The molecular formula is C20H22ClNO. The van der Waals surface area contributed by atoms with E-state index in [-0.39, 0.29) is 11.9 Å². The molecule has 0 spiro atoms. The third-order valence-electron chi connectivity index (χ3n) is 4.58. The number of halogens is 1. The standard InChI is InChI=1S/C20H22ClNO/c1-2-19(22-20(23)17-8-5-9-18(21)13-17)16-11-10-14-6-3-4-7-15(14)12-16/h5,8-13,19H,2-4,6-7H2,1H3,(H,22,23)/t19-/m1/s1. The normalized spacial score (nSPS) is 14.9. The fourth-order valence-corrected chi connectivity index (χ4v) is 3.45. The first-order valence-electron chi connectivity index (χ1n) is 8.35. The summed E-state index contributed by atoms with van der Waals surface area (Å²) < 4.78 is 0. The summed E-state index contributed by atoms with van der Waals surface area (Å²) in [5.74, 6) is -0.0722. The number of nitrogens with one attached hydrogen (secondary N) is 1. The molecule has 3 rings (SSSR count). The van der Waals surface area contributed by atoms with Crippen LogP contribution in [0.5, 0.6) is 0 Å². The highest BCUT2D eigenvalue weighted by atomic mass is 35.5. The quantitative estimate of drug-likeness (QED) is 0.831. The van der Waals surface area contributed by atoms with Crippen molar-refractivity contribution in [2.24, 2.45) is 0 Å². The monoisotopic (exact) mass is 327 g/mol. The maximum atomic E-state index is 12.5. The molecule has 0 aromatic heterocycles. The molecule has 0 saturated heterocycles. The molecule has 0 heterocycles. The summed E-state index contributed by atoms with van der Waals surface area (Å²) in [6.07, 6.45) is 5.76. The summed E-state index contributed by atoms with van der Waals surface area (Å²) in [6, 6.07) is 13.8. The van der Waals surface area contributed by atoms with Gasteiger partial charge in [0, 0.05) is 10.6 Å². The van der Waals surface area contributed by atoms with E-state index in [9.17, 15) is 4.79 Å². The molecule has 3 heteroatoms. The molecule has 0 radical (unpaired) electrons. The Morgan fingerprint density at radius 3 is 2.65 bits per heavy atom. The zero-order valence-corrected chi connectivity index (χ0v) is 14.2. The van der Waals surface area contributed by atoms with Crippen LogP contribution in [-0.4, -0.2) is 5.91 Å². The Kier molecular flexibility index (Phi) is 5.02. The largest absolute Gasteiger partial charge is 0.345 e. The van der Waals surface area contributed by atoms with Gasteiger partial charge in [0.1, 0.15) is 0 Å². The zero-order chi connectivity index (χ0) is 16.2. The van der Waals surface area contributed by atoms with Gasteiger partial charge in [-0.25, -0.2) is 0 Å². The van der Waals surface area contributed by atoms with Crippen LogP contribution in [0.3, 0.4) is 0 Å². The van der Waals surface area contributed by atoms with Gasteiger partial charge in [0.2, 0.25) is 0 Å². The summed E-state index contributed by atoms with van der Waals surface area (Å²) in [4.78, 5) is 12.5. The Balaban J connectivity index is 1.78. The summed E-state index contributed by atoms with van der Waals surface area (Å²) in [7, 11) is 0. The minimum atomic E-state index is -0.0722. The number of hydrogen-bond acceptors (Lipinski definition) is 1. The van der Waals surface area contributed by atoms with E-state index in [0.717, 1.165) is 12.8 Å². The van der Waals surface area contributed by atoms with E-state index >= 15 is 0 Å². The number of hydrogen-bond donors (Lipinski definition) is 1.